The summed E-state index contributed by atoms with van der Waals surface area (Å²) in [6.45, 7) is 15.6. The van der Waals surface area contributed by atoms with Crippen LogP contribution in [0.1, 0.15) is 40.0 Å². The van der Waals surface area contributed by atoms with Crippen LogP contribution in [0, 0.1) is 5.92 Å². The zero-order valence-corrected chi connectivity index (χ0v) is 14.8. The Morgan fingerprint density at radius 1 is 1.09 bits per heavy atom. The second-order valence-corrected chi connectivity index (χ2v) is 6.57. The first kappa shape index (κ1) is 17.5. The van der Waals surface area contributed by atoms with Crippen LogP contribution in [0.3, 0.4) is 0 Å². The molecule has 2 N–H and O–H groups in total. The highest BCUT2D eigenvalue weighted by Crippen LogP contribution is 2.16. The average molecular weight is 310 g/mol. The Morgan fingerprint density at radius 3 is 2.64 bits per heavy atom. The molecular weight excluding hydrogens is 274 g/mol. The Bertz CT molecular complexity index is 344. The maximum atomic E-state index is 4.83. The number of nitrogens with zero attached hydrogens (tertiary/aromatic N) is 3. The van der Waals surface area contributed by atoms with E-state index in [0.29, 0.717) is 6.04 Å². The highest BCUT2D eigenvalue weighted by Gasteiger charge is 2.23. The minimum absolute atomic E-state index is 0.677. The van der Waals surface area contributed by atoms with E-state index in [1.807, 2.05) is 0 Å². The third-order valence-corrected chi connectivity index (χ3v) is 5.08. The van der Waals surface area contributed by atoms with Gasteiger partial charge in [-0.1, -0.05) is 13.8 Å². The predicted molar refractivity (Wildman–Crippen MR) is 94.5 cm³/mol. The van der Waals surface area contributed by atoms with Gasteiger partial charge in [0.25, 0.3) is 0 Å². The number of hydrogen-bond acceptors (Lipinski definition) is 3. The topological polar surface area (TPSA) is 42.9 Å². The quantitative estimate of drug-likeness (QED) is 0.551. The molecule has 22 heavy (non-hydrogen) atoms. The molecule has 5 heteroatoms. The van der Waals surface area contributed by atoms with Crippen LogP contribution in [-0.2, 0) is 0 Å². The van der Waals surface area contributed by atoms with Gasteiger partial charge in [-0.3, -0.25) is 9.89 Å². The lowest BCUT2D eigenvalue weighted by molar-refractivity contribution is 0.267. The van der Waals surface area contributed by atoms with E-state index >= 15 is 0 Å². The van der Waals surface area contributed by atoms with Crippen molar-refractivity contribution in [2.24, 2.45) is 10.9 Å². The van der Waals surface area contributed by atoms with Gasteiger partial charge in [0.2, 0.25) is 0 Å². The first-order valence-corrected chi connectivity index (χ1v) is 9.25. The van der Waals surface area contributed by atoms with Crippen molar-refractivity contribution in [2.75, 3.05) is 52.4 Å². The average Bonchev–Trinajstić information content (AvgIpc) is 3.18. The predicted octanol–water partition coefficient (Wildman–Crippen LogP) is 1.37. The highest BCUT2D eigenvalue weighted by molar-refractivity contribution is 5.79. The minimum Gasteiger partial charge on any atom is -0.357 e. The Kier molecular flexibility index (Phi) is 7.46. The molecule has 0 saturated carbocycles. The van der Waals surface area contributed by atoms with Crippen LogP contribution in [0.4, 0.5) is 0 Å². The molecule has 2 rings (SSSR count). The largest absolute Gasteiger partial charge is 0.357 e. The van der Waals surface area contributed by atoms with Gasteiger partial charge in [-0.2, -0.15) is 0 Å². The number of guanidine groups is 1. The van der Waals surface area contributed by atoms with Crippen LogP contribution < -0.4 is 10.6 Å². The van der Waals surface area contributed by atoms with Crippen LogP contribution in [0.2, 0.25) is 0 Å². The first-order chi connectivity index (χ1) is 10.8. The number of likely N-dealkylation sites (tertiary alicyclic amines) is 2. The van der Waals surface area contributed by atoms with Crippen molar-refractivity contribution in [2.45, 2.75) is 46.1 Å². The second-order valence-electron chi connectivity index (χ2n) is 6.57. The lowest BCUT2D eigenvalue weighted by Crippen LogP contribution is -2.45. The number of hydrogen-bond donors (Lipinski definition) is 2. The second kappa shape index (κ2) is 9.36. The van der Waals surface area contributed by atoms with Gasteiger partial charge >= 0.3 is 0 Å². The highest BCUT2D eigenvalue weighted by atomic mass is 15.2. The Morgan fingerprint density at radius 2 is 1.95 bits per heavy atom. The fraction of sp³-hybridized carbons (Fsp3) is 0.941. The van der Waals surface area contributed by atoms with Crippen LogP contribution in [0.25, 0.3) is 0 Å². The molecule has 0 radical (unpaired) electrons. The van der Waals surface area contributed by atoms with E-state index in [9.17, 15) is 0 Å². The van der Waals surface area contributed by atoms with Crippen molar-refractivity contribution in [3.63, 3.8) is 0 Å². The summed E-state index contributed by atoms with van der Waals surface area (Å²) in [5.41, 5.74) is 0. The smallest absolute Gasteiger partial charge is 0.191 e. The summed E-state index contributed by atoms with van der Waals surface area (Å²) >= 11 is 0. The molecule has 2 heterocycles. The van der Waals surface area contributed by atoms with Crippen molar-refractivity contribution >= 4 is 5.96 Å². The zero-order chi connectivity index (χ0) is 15.8. The standard InChI is InChI=1S/C17H35N5/c1-4-18-17(19-12-15-9-11-21(5-2)14-15)20-13-16-8-7-10-22(16)6-3/h15-16H,4-14H2,1-3H3,(H2,18,19,20). The lowest BCUT2D eigenvalue weighted by atomic mass is 10.1. The maximum Gasteiger partial charge on any atom is 0.191 e. The van der Waals surface area contributed by atoms with Crippen molar-refractivity contribution in [3.05, 3.63) is 0 Å². The Balaban J connectivity index is 1.77. The molecule has 5 nitrogen and oxygen atoms in total. The van der Waals surface area contributed by atoms with Gasteiger partial charge in [0, 0.05) is 32.2 Å². The normalized spacial score (nSPS) is 27.5. The van der Waals surface area contributed by atoms with Gasteiger partial charge in [-0.25, -0.2) is 0 Å². The Hall–Kier alpha value is -0.810. The summed E-state index contributed by atoms with van der Waals surface area (Å²) in [5.74, 6) is 1.73. The van der Waals surface area contributed by atoms with E-state index in [-0.39, 0.29) is 0 Å². The summed E-state index contributed by atoms with van der Waals surface area (Å²) in [7, 11) is 0. The number of aliphatic imine (C=N–C) groups is 1. The van der Waals surface area contributed by atoms with E-state index in [1.54, 1.807) is 0 Å². The summed E-state index contributed by atoms with van der Waals surface area (Å²) in [5, 5.41) is 6.96. The van der Waals surface area contributed by atoms with E-state index in [2.05, 4.69) is 41.2 Å². The molecule has 0 spiro atoms. The molecule has 0 amide bonds. The maximum absolute atomic E-state index is 4.83. The summed E-state index contributed by atoms with van der Waals surface area (Å²) in [6, 6.07) is 0.677. The fourth-order valence-electron chi connectivity index (χ4n) is 3.67. The van der Waals surface area contributed by atoms with E-state index in [0.717, 1.165) is 38.1 Å². The summed E-state index contributed by atoms with van der Waals surface area (Å²) in [4.78, 5) is 9.93. The molecular formula is C17H35N5. The number of likely N-dealkylation sites (N-methyl/N-ethyl adjacent to an activating group) is 1. The monoisotopic (exact) mass is 309 g/mol. The van der Waals surface area contributed by atoms with E-state index < -0.39 is 0 Å². The van der Waals surface area contributed by atoms with Crippen LogP contribution in [-0.4, -0.2) is 74.2 Å². The summed E-state index contributed by atoms with van der Waals surface area (Å²) in [6.07, 6.45) is 3.94. The zero-order valence-electron chi connectivity index (χ0n) is 14.8. The molecule has 128 valence electrons. The molecule has 0 aromatic heterocycles. The minimum atomic E-state index is 0.677. The van der Waals surface area contributed by atoms with E-state index in [1.165, 1.54) is 45.4 Å². The third kappa shape index (κ3) is 5.13. The fourth-order valence-corrected chi connectivity index (χ4v) is 3.67. The summed E-state index contributed by atoms with van der Waals surface area (Å²) < 4.78 is 0. The number of rotatable bonds is 7. The van der Waals surface area contributed by atoms with Crippen molar-refractivity contribution in [1.29, 1.82) is 0 Å². The van der Waals surface area contributed by atoms with Gasteiger partial charge in [0.1, 0.15) is 0 Å². The molecule has 2 fully saturated rings. The van der Waals surface area contributed by atoms with Crippen molar-refractivity contribution < 1.29 is 0 Å². The van der Waals surface area contributed by atoms with Crippen molar-refractivity contribution in [1.82, 2.24) is 20.4 Å². The van der Waals surface area contributed by atoms with Crippen molar-refractivity contribution in [3.8, 4) is 0 Å². The van der Waals surface area contributed by atoms with Crippen LogP contribution in [0.5, 0.6) is 0 Å². The van der Waals surface area contributed by atoms with Crippen LogP contribution in [0.15, 0.2) is 4.99 Å². The van der Waals surface area contributed by atoms with Gasteiger partial charge in [0.05, 0.1) is 0 Å². The molecule has 0 aliphatic carbocycles. The van der Waals surface area contributed by atoms with Gasteiger partial charge in [-0.15, -0.1) is 0 Å². The molecule has 0 bridgehead atoms. The third-order valence-electron chi connectivity index (χ3n) is 5.08. The SMILES string of the molecule is CCNC(=NCC1CCN(CC)C1)NCC1CCCN1CC. The molecule has 2 aliphatic rings. The molecule has 0 aromatic rings. The van der Waals surface area contributed by atoms with Gasteiger partial charge in [0.15, 0.2) is 5.96 Å². The van der Waals surface area contributed by atoms with E-state index in [4.69, 9.17) is 4.99 Å². The van der Waals surface area contributed by atoms with Gasteiger partial charge in [-0.05, 0) is 58.3 Å². The van der Waals surface area contributed by atoms with Crippen LogP contribution >= 0.6 is 0 Å². The molecule has 2 unspecified atom stereocenters. The van der Waals surface area contributed by atoms with Gasteiger partial charge < -0.3 is 15.5 Å². The molecule has 2 aliphatic heterocycles. The molecule has 2 saturated heterocycles. The molecule has 2 atom stereocenters. The Labute approximate surface area is 136 Å². The first-order valence-electron chi connectivity index (χ1n) is 9.25. The number of nitrogens with one attached hydrogen (secondary N) is 2. The molecule has 0 aromatic carbocycles. The lowest BCUT2D eigenvalue weighted by Gasteiger charge is -2.24.